The van der Waals surface area contributed by atoms with E-state index in [0.29, 0.717) is 18.4 Å². The molecule has 1 spiro atoms. The van der Waals surface area contributed by atoms with Crippen LogP contribution in [0.3, 0.4) is 0 Å². The minimum absolute atomic E-state index is 0.167. The third-order valence-electron chi connectivity index (χ3n) is 10.8. The van der Waals surface area contributed by atoms with Gasteiger partial charge in [0, 0.05) is 30.4 Å². The van der Waals surface area contributed by atoms with E-state index in [0.717, 1.165) is 64.1 Å². The van der Waals surface area contributed by atoms with Gasteiger partial charge >= 0.3 is 0 Å². The molecule has 32 heavy (non-hydrogen) atoms. The molecule has 0 aromatic heterocycles. The number of ether oxygens (including phenoxy) is 2. The minimum Gasteiger partial charge on any atom is -0.390 e. The predicted molar refractivity (Wildman–Crippen MR) is 122 cm³/mol. The third-order valence-corrected chi connectivity index (χ3v) is 10.8. The molecule has 5 unspecified atom stereocenters. The van der Waals surface area contributed by atoms with Gasteiger partial charge in [0.1, 0.15) is 6.10 Å². The van der Waals surface area contributed by atoms with Gasteiger partial charge in [-0.15, -0.1) is 0 Å². The summed E-state index contributed by atoms with van der Waals surface area (Å²) in [5.41, 5.74) is -0.502. The molecule has 5 nitrogen and oxygen atoms in total. The summed E-state index contributed by atoms with van der Waals surface area (Å²) in [6.07, 6.45) is 13.9. The van der Waals surface area contributed by atoms with E-state index < -0.39 is 6.10 Å². The largest absolute Gasteiger partial charge is 0.390 e. The second kappa shape index (κ2) is 8.32. The van der Waals surface area contributed by atoms with E-state index in [9.17, 15) is 9.90 Å². The lowest BCUT2D eigenvalue weighted by molar-refractivity contribution is -0.271. The lowest BCUT2D eigenvalue weighted by atomic mass is 9.42. The molecular weight excluding hydrogens is 402 g/mol. The minimum atomic E-state index is -0.422. The first-order chi connectivity index (χ1) is 15.6. The molecule has 6 aliphatic rings. The fourth-order valence-electron chi connectivity index (χ4n) is 9.56. The Hall–Kier alpha value is -0.490. The van der Waals surface area contributed by atoms with Crippen molar-refractivity contribution in [2.45, 2.75) is 120 Å². The summed E-state index contributed by atoms with van der Waals surface area (Å²) >= 11 is 0. The molecule has 180 valence electrons. The number of aliphatic hydroxyl groups is 1. The van der Waals surface area contributed by atoms with Crippen LogP contribution in [0.25, 0.3) is 0 Å². The fourth-order valence-corrected chi connectivity index (χ4v) is 9.56. The maximum Gasteiger partial charge on any atom is 0.162 e. The van der Waals surface area contributed by atoms with Gasteiger partial charge in [0.15, 0.2) is 5.78 Å². The van der Waals surface area contributed by atoms with Crippen molar-refractivity contribution in [3.05, 3.63) is 0 Å². The molecule has 0 radical (unpaired) electrons. The van der Waals surface area contributed by atoms with Crippen LogP contribution < -0.4 is 0 Å². The lowest BCUT2D eigenvalue weighted by Gasteiger charge is -2.68. The van der Waals surface area contributed by atoms with Crippen molar-refractivity contribution in [2.75, 3.05) is 19.7 Å². The van der Waals surface area contributed by atoms with E-state index >= 15 is 0 Å². The van der Waals surface area contributed by atoms with Crippen LogP contribution in [0.15, 0.2) is 0 Å². The van der Waals surface area contributed by atoms with Crippen LogP contribution in [-0.4, -0.2) is 65.4 Å². The Kier molecular flexibility index (Phi) is 5.72. The molecule has 4 aliphatic carbocycles. The van der Waals surface area contributed by atoms with Crippen molar-refractivity contribution in [2.24, 2.45) is 23.2 Å². The van der Waals surface area contributed by atoms with Crippen molar-refractivity contribution in [1.29, 1.82) is 0 Å². The van der Waals surface area contributed by atoms with E-state index in [-0.39, 0.29) is 34.9 Å². The van der Waals surface area contributed by atoms with Crippen molar-refractivity contribution in [1.82, 2.24) is 4.90 Å². The van der Waals surface area contributed by atoms with E-state index in [2.05, 4.69) is 11.8 Å². The van der Waals surface area contributed by atoms with Gasteiger partial charge in [-0.25, -0.2) is 0 Å². The number of carbonyl (C=O) groups is 1. The van der Waals surface area contributed by atoms with Crippen LogP contribution in [0.2, 0.25) is 0 Å². The van der Waals surface area contributed by atoms with E-state index in [4.69, 9.17) is 9.47 Å². The molecule has 4 saturated carbocycles. The number of piperidine rings is 1. The highest BCUT2D eigenvalue weighted by Crippen LogP contribution is 2.70. The standard InChI is InChI=1S/C27H43NO4/c1-2-28-15-14-26-23-19-10-11-20(29)24(23)32-25(26)21(30)12-13-27(26,22(28)17-19)31-16-6-9-18-7-4-3-5-8-18/h18-20,22-25,29H,2-17H2,1H3/t19?,20?,22?,23?,24?,25-,26-,27+/m0/s1. The first kappa shape index (κ1) is 22.0. The second-order valence-electron chi connectivity index (χ2n) is 11.9. The number of rotatable bonds is 6. The zero-order valence-electron chi connectivity index (χ0n) is 20.0. The van der Waals surface area contributed by atoms with Crippen molar-refractivity contribution in [3.63, 3.8) is 0 Å². The third kappa shape index (κ3) is 2.99. The number of aliphatic hydroxyl groups excluding tert-OH is 1. The summed E-state index contributed by atoms with van der Waals surface area (Å²) in [6.45, 7) is 5.19. The van der Waals surface area contributed by atoms with Crippen LogP contribution in [0.4, 0.5) is 0 Å². The Morgan fingerprint density at radius 1 is 1.16 bits per heavy atom. The molecule has 2 aliphatic heterocycles. The summed E-state index contributed by atoms with van der Waals surface area (Å²) in [6, 6.07) is 0.394. The monoisotopic (exact) mass is 445 g/mol. The van der Waals surface area contributed by atoms with Gasteiger partial charge in [0.2, 0.25) is 0 Å². The Labute approximate surface area is 193 Å². The molecule has 0 amide bonds. The topological polar surface area (TPSA) is 59.0 Å². The van der Waals surface area contributed by atoms with E-state index in [1.165, 1.54) is 38.5 Å². The quantitative estimate of drug-likeness (QED) is 0.624. The van der Waals surface area contributed by atoms with Gasteiger partial charge in [-0.05, 0) is 69.9 Å². The van der Waals surface area contributed by atoms with Gasteiger partial charge in [0.25, 0.3) is 0 Å². The average molecular weight is 446 g/mol. The zero-order valence-corrected chi connectivity index (χ0v) is 20.0. The summed E-state index contributed by atoms with van der Waals surface area (Å²) in [5, 5.41) is 10.9. The smallest absolute Gasteiger partial charge is 0.162 e. The summed E-state index contributed by atoms with van der Waals surface area (Å²) in [4.78, 5) is 15.9. The highest BCUT2D eigenvalue weighted by Gasteiger charge is 2.78. The normalized spacial score (nSPS) is 48.6. The Bertz CT molecular complexity index is 722. The van der Waals surface area contributed by atoms with Gasteiger partial charge in [-0.1, -0.05) is 39.0 Å². The highest BCUT2D eigenvalue weighted by molar-refractivity contribution is 5.86. The molecule has 2 saturated heterocycles. The molecular formula is C27H43NO4. The molecule has 5 heteroatoms. The Morgan fingerprint density at radius 3 is 2.81 bits per heavy atom. The zero-order chi connectivity index (χ0) is 21.9. The molecule has 2 bridgehead atoms. The maximum absolute atomic E-state index is 13.3. The summed E-state index contributed by atoms with van der Waals surface area (Å²) in [7, 11) is 0. The van der Waals surface area contributed by atoms with Crippen molar-refractivity contribution >= 4 is 5.78 Å². The number of carbonyl (C=O) groups excluding carboxylic acids is 1. The number of nitrogens with zero attached hydrogens (tertiary/aromatic N) is 1. The van der Waals surface area contributed by atoms with Crippen LogP contribution in [0.5, 0.6) is 0 Å². The first-order valence-corrected chi connectivity index (χ1v) is 13.8. The van der Waals surface area contributed by atoms with Gasteiger partial charge < -0.3 is 14.6 Å². The molecule has 0 aromatic carbocycles. The summed E-state index contributed by atoms with van der Waals surface area (Å²) < 4.78 is 13.7. The maximum atomic E-state index is 13.3. The van der Waals surface area contributed by atoms with Crippen molar-refractivity contribution < 1.29 is 19.4 Å². The SMILES string of the molecule is CCN1CC[C@]23C4C5CCC(O)C4O[C@H]2C(=O)CC[C@@]3(OCCCC2CCCCC2)C1C5. The van der Waals surface area contributed by atoms with Gasteiger partial charge in [0.05, 0.1) is 17.8 Å². The van der Waals surface area contributed by atoms with Crippen LogP contribution >= 0.6 is 0 Å². The van der Waals surface area contributed by atoms with Crippen LogP contribution in [0, 0.1) is 23.2 Å². The lowest BCUT2D eigenvalue weighted by Crippen LogP contribution is -2.78. The number of likely N-dealkylation sites (tertiary alicyclic amines) is 1. The number of hydrogen-bond acceptors (Lipinski definition) is 5. The first-order valence-electron chi connectivity index (χ1n) is 13.8. The van der Waals surface area contributed by atoms with E-state index in [1.54, 1.807) is 0 Å². The Morgan fingerprint density at radius 2 is 2.00 bits per heavy atom. The number of ketones is 1. The number of hydrogen-bond donors (Lipinski definition) is 1. The summed E-state index contributed by atoms with van der Waals surface area (Å²) in [5.74, 6) is 2.00. The molecule has 6 rings (SSSR count). The molecule has 8 atom stereocenters. The Balaban J connectivity index is 1.31. The molecule has 2 heterocycles. The second-order valence-corrected chi connectivity index (χ2v) is 11.9. The molecule has 0 aromatic rings. The van der Waals surface area contributed by atoms with Crippen LogP contribution in [0.1, 0.15) is 90.4 Å². The fraction of sp³-hybridized carbons (Fsp3) is 0.963. The van der Waals surface area contributed by atoms with E-state index in [1.807, 2.05) is 0 Å². The average Bonchev–Trinajstić information content (AvgIpc) is 3.17. The number of likely N-dealkylation sites (N-methyl/N-ethyl adjacent to an activating group) is 1. The molecule has 6 fully saturated rings. The van der Waals surface area contributed by atoms with Gasteiger partial charge in [-0.2, -0.15) is 0 Å². The van der Waals surface area contributed by atoms with Gasteiger partial charge in [-0.3, -0.25) is 9.69 Å². The predicted octanol–water partition coefficient (Wildman–Crippen LogP) is 4.10. The number of Topliss-reactive ketones (excluding diaryl/α,β-unsaturated/α-hetero) is 1. The van der Waals surface area contributed by atoms with Crippen molar-refractivity contribution in [3.8, 4) is 0 Å². The van der Waals surface area contributed by atoms with Crippen LogP contribution in [-0.2, 0) is 14.3 Å². The highest BCUT2D eigenvalue weighted by atomic mass is 16.5. The molecule has 1 N–H and O–H groups in total.